The molecule has 0 atom stereocenters. The summed E-state index contributed by atoms with van der Waals surface area (Å²) in [6, 6.07) is 5.10. The number of ketones is 1. The number of rotatable bonds is 10. The topological polar surface area (TPSA) is 69.1 Å². The molecule has 112 valence electrons. The molecule has 4 N–H and O–H groups in total. The molecule has 0 saturated heterocycles. The Hall–Kier alpha value is -1.51. The number of hydrogen-bond acceptors (Lipinski definition) is 3. The van der Waals surface area contributed by atoms with Crippen LogP contribution in [0.15, 0.2) is 18.2 Å². The van der Waals surface area contributed by atoms with E-state index in [9.17, 15) is 4.79 Å². The molecular formula is C17H28N2O. The highest BCUT2D eigenvalue weighted by Gasteiger charge is 2.07. The molecule has 20 heavy (non-hydrogen) atoms. The normalized spacial score (nSPS) is 10.7. The Morgan fingerprint density at radius 1 is 0.850 bits per heavy atom. The molecule has 0 unspecified atom stereocenters. The van der Waals surface area contributed by atoms with Gasteiger partial charge in [-0.3, -0.25) is 4.79 Å². The summed E-state index contributed by atoms with van der Waals surface area (Å²) >= 11 is 0. The number of nitrogen functional groups attached to an aromatic ring is 2. The highest BCUT2D eigenvalue weighted by atomic mass is 16.1. The summed E-state index contributed by atoms with van der Waals surface area (Å²) < 4.78 is 0. The number of nitrogens with two attached hydrogens (primary N) is 2. The van der Waals surface area contributed by atoms with Crippen LogP contribution in [0, 0.1) is 0 Å². The van der Waals surface area contributed by atoms with Gasteiger partial charge in [0.1, 0.15) is 0 Å². The molecule has 0 fully saturated rings. The van der Waals surface area contributed by atoms with Crippen LogP contribution < -0.4 is 11.5 Å². The van der Waals surface area contributed by atoms with Crippen molar-refractivity contribution in [1.29, 1.82) is 0 Å². The van der Waals surface area contributed by atoms with Crippen molar-refractivity contribution in [2.75, 3.05) is 11.5 Å². The largest absolute Gasteiger partial charge is 0.399 e. The highest BCUT2D eigenvalue weighted by Crippen LogP contribution is 2.17. The summed E-state index contributed by atoms with van der Waals surface area (Å²) in [6.07, 6.45) is 10.5. The van der Waals surface area contributed by atoms with E-state index in [-0.39, 0.29) is 5.78 Å². The second kappa shape index (κ2) is 9.40. The molecule has 0 bridgehead atoms. The van der Waals surface area contributed by atoms with Crippen molar-refractivity contribution in [2.45, 2.75) is 64.7 Å². The van der Waals surface area contributed by atoms with Gasteiger partial charge in [0.05, 0.1) is 0 Å². The van der Waals surface area contributed by atoms with E-state index in [1.54, 1.807) is 18.2 Å². The first-order chi connectivity index (χ1) is 9.63. The molecular weight excluding hydrogens is 248 g/mol. The summed E-state index contributed by atoms with van der Waals surface area (Å²) in [4.78, 5) is 12.0. The molecule has 3 heteroatoms. The van der Waals surface area contributed by atoms with Crippen molar-refractivity contribution in [3.8, 4) is 0 Å². The Morgan fingerprint density at radius 3 is 1.90 bits per heavy atom. The summed E-state index contributed by atoms with van der Waals surface area (Å²) in [6.45, 7) is 2.23. The van der Waals surface area contributed by atoms with Gasteiger partial charge in [-0.15, -0.1) is 0 Å². The molecule has 0 aliphatic carbocycles. The molecule has 3 nitrogen and oxygen atoms in total. The monoisotopic (exact) mass is 276 g/mol. The van der Waals surface area contributed by atoms with Crippen LogP contribution in [0.5, 0.6) is 0 Å². The molecule has 0 aromatic heterocycles. The maximum atomic E-state index is 12.0. The van der Waals surface area contributed by atoms with Crippen LogP contribution in [0.3, 0.4) is 0 Å². The Kier molecular flexibility index (Phi) is 7.78. The predicted molar refractivity (Wildman–Crippen MR) is 86.8 cm³/mol. The fourth-order valence-corrected chi connectivity index (χ4v) is 2.40. The zero-order chi connectivity index (χ0) is 14.8. The first-order valence-electron chi connectivity index (χ1n) is 7.82. The molecule has 1 rings (SSSR count). The van der Waals surface area contributed by atoms with Gasteiger partial charge in [0.2, 0.25) is 0 Å². The average Bonchev–Trinajstić information content (AvgIpc) is 2.40. The fourth-order valence-electron chi connectivity index (χ4n) is 2.40. The minimum absolute atomic E-state index is 0.148. The highest BCUT2D eigenvalue weighted by molar-refractivity contribution is 5.97. The zero-order valence-electron chi connectivity index (χ0n) is 12.7. The molecule has 0 radical (unpaired) electrons. The van der Waals surface area contributed by atoms with Gasteiger partial charge in [-0.25, -0.2) is 0 Å². The maximum Gasteiger partial charge on any atom is 0.163 e. The molecule has 1 aromatic rings. The summed E-state index contributed by atoms with van der Waals surface area (Å²) in [5.74, 6) is 0.148. The van der Waals surface area contributed by atoms with E-state index in [0.29, 0.717) is 23.4 Å². The van der Waals surface area contributed by atoms with E-state index in [2.05, 4.69) is 6.92 Å². The van der Waals surface area contributed by atoms with Crippen LogP contribution in [-0.2, 0) is 0 Å². The second-order valence-corrected chi connectivity index (χ2v) is 5.54. The first-order valence-corrected chi connectivity index (χ1v) is 7.82. The zero-order valence-corrected chi connectivity index (χ0v) is 12.7. The molecule has 1 aromatic carbocycles. The van der Waals surface area contributed by atoms with Crippen molar-refractivity contribution in [2.24, 2.45) is 0 Å². The molecule has 0 aliphatic rings. The van der Waals surface area contributed by atoms with Crippen LogP contribution in [0.2, 0.25) is 0 Å². The Morgan fingerprint density at radius 2 is 1.35 bits per heavy atom. The SMILES string of the molecule is CCCCCCCCCCC(=O)c1cc(N)cc(N)c1. The molecule has 0 aliphatic heterocycles. The summed E-state index contributed by atoms with van der Waals surface area (Å²) in [5.41, 5.74) is 13.2. The van der Waals surface area contributed by atoms with Crippen LogP contribution in [0.4, 0.5) is 11.4 Å². The smallest absolute Gasteiger partial charge is 0.163 e. The third-order valence-electron chi connectivity index (χ3n) is 3.56. The lowest BCUT2D eigenvalue weighted by atomic mass is 10.0. The maximum absolute atomic E-state index is 12.0. The van der Waals surface area contributed by atoms with Gasteiger partial charge in [-0.2, -0.15) is 0 Å². The third kappa shape index (κ3) is 6.60. The molecule has 0 heterocycles. The van der Waals surface area contributed by atoms with Gasteiger partial charge in [0.25, 0.3) is 0 Å². The lowest BCUT2D eigenvalue weighted by Gasteiger charge is -2.04. The van der Waals surface area contributed by atoms with Crippen LogP contribution in [0.25, 0.3) is 0 Å². The second-order valence-electron chi connectivity index (χ2n) is 5.54. The van der Waals surface area contributed by atoms with E-state index in [4.69, 9.17) is 11.5 Å². The van der Waals surface area contributed by atoms with E-state index < -0.39 is 0 Å². The lowest BCUT2D eigenvalue weighted by molar-refractivity contribution is 0.0979. The summed E-state index contributed by atoms with van der Waals surface area (Å²) in [5, 5.41) is 0. The first kappa shape index (κ1) is 16.5. The van der Waals surface area contributed by atoms with Crippen LogP contribution >= 0.6 is 0 Å². The standard InChI is InChI=1S/C17H28N2O/c1-2-3-4-5-6-7-8-9-10-17(20)14-11-15(18)13-16(19)12-14/h11-13H,2-10,18-19H2,1H3. The van der Waals surface area contributed by atoms with Crippen molar-refractivity contribution in [1.82, 2.24) is 0 Å². The number of unbranched alkanes of at least 4 members (excludes halogenated alkanes) is 7. The predicted octanol–water partition coefficient (Wildman–Crippen LogP) is 4.56. The van der Waals surface area contributed by atoms with E-state index in [0.717, 1.165) is 12.8 Å². The van der Waals surface area contributed by atoms with Crippen molar-refractivity contribution >= 4 is 17.2 Å². The van der Waals surface area contributed by atoms with Crippen LogP contribution in [0.1, 0.15) is 75.1 Å². The van der Waals surface area contributed by atoms with Gasteiger partial charge in [-0.1, -0.05) is 51.9 Å². The Balaban J connectivity index is 2.17. The Labute approximate surface area is 122 Å². The van der Waals surface area contributed by atoms with Gasteiger partial charge in [0.15, 0.2) is 5.78 Å². The van der Waals surface area contributed by atoms with E-state index in [1.165, 1.54) is 38.5 Å². The lowest BCUT2D eigenvalue weighted by Crippen LogP contribution is -2.02. The van der Waals surface area contributed by atoms with Gasteiger partial charge >= 0.3 is 0 Å². The van der Waals surface area contributed by atoms with Crippen LogP contribution in [-0.4, -0.2) is 5.78 Å². The minimum atomic E-state index is 0.148. The van der Waals surface area contributed by atoms with Gasteiger partial charge < -0.3 is 11.5 Å². The number of hydrogen-bond donors (Lipinski definition) is 2. The number of carbonyl (C=O) groups excluding carboxylic acids is 1. The van der Waals surface area contributed by atoms with Crippen molar-refractivity contribution < 1.29 is 4.79 Å². The van der Waals surface area contributed by atoms with E-state index in [1.807, 2.05) is 0 Å². The van der Waals surface area contributed by atoms with Gasteiger partial charge in [-0.05, 0) is 24.6 Å². The Bertz CT molecular complexity index is 395. The number of carbonyl (C=O) groups is 1. The average molecular weight is 276 g/mol. The molecule has 0 amide bonds. The summed E-state index contributed by atoms with van der Waals surface area (Å²) in [7, 11) is 0. The number of benzene rings is 1. The van der Waals surface area contributed by atoms with Gasteiger partial charge in [0, 0.05) is 23.4 Å². The third-order valence-corrected chi connectivity index (χ3v) is 3.56. The minimum Gasteiger partial charge on any atom is -0.399 e. The quantitative estimate of drug-likeness (QED) is 0.374. The molecule has 0 saturated carbocycles. The fraction of sp³-hybridized carbons (Fsp3) is 0.588. The van der Waals surface area contributed by atoms with Crippen molar-refractivity contribution in [3.63, 3.8) is 0 Å². The number of Topliss-reactive ketones (excluding diaryl/α,β-unsaturated/α-hetero) is 1. The number of anilines is 2. The van der Waals surface area contributed by atoms with Crippen molar-refractivity contribution in [3.05, 3.63) is 23.8 Å². The molecule has 0 spiro atoms. The van der Waals surface area contributed by atoms with E-state index >= 15 is 0 Å².